The van der Waals surface area contributed by atoms with E-state index in [0.717, 1.165) is 5.56 Å². The average molecular weight is 207 g/mol. The zero-order valence-corrected chi connectivity index (χ0v) is 8.16. The average Bonchev–Trinajstić information content (AvgIpc) is 2.08. The molecule has 0 heterocycles. The van der Waals surface area contributed by atoms with Gasteiger partial charge in [0.25, 0.3) is 0 Å². The van der Waals surface area contributed by atoms with Gasteiger partial charge in [0.1, 0.15) is 0 Å². The number of hydrogen-bond acceptors (Lipinski definition) is 0. The van der Waals surface area contributed by atoms with Gasteiger partial charge in [0.2, 0.25) is 0 Å². The standard InChI is InChI=1S/C9H9Cl2F/c1-6(5-12)7-3-2-4-8(10)9(7)11/h2-4,6H,5H2,1H3. The number of hydrogen-bond donors (Lipinski definition) is 0. The van der Waals surface area contributed by atoms with Crippen molar-refractivity contribution in [1.82, 2.24) is 0 Å². The minimum Gasteiger partial charge on any atom is -0.250 e. The maximum atomic E-state index is 12.3. The van der Waals surface area contributed by atoms with E-state index in [1.165, 1.54) is 0 Å². The van der Waals surface area contributed by atoms with E-state index >= 15 is 0 Å². The van der Waals surface area contributed by atoms with Crippen molar-refractivity contribution in [3.05, 3.63) is 33.8 Å². The normalized spacial score (nSPS) is 13.0. The Morgan fingerprint density at radius 1 is 1.42 bits per heavy atom. The molecule has 0 fully saturated rings. The van der Waals surface area contributed by atoms with Crippen LogP contribution in [0, 0.1) is 0 Å². The Labute approximate surface area is 81.3 Å². The topological polar surface area (TPSA) is 0 Å². The molecule has 0 nitrogen and oxygen atoms in total. The van der Waals surface area contributed by atoms with Gasteiger partial charge >= 0.3 is 0 Å². The van der Waals surface area contributed by atoms with Gasteiger partial charge < -0.3 is 0 Å². The Morgan fingerprint density at radius 3 is 2.67 bits per heavy atom. The first-order valence-electron chi connectivity index (χ1n) is 3.66. The van der Waals surface area contributed by atoms with E-state index in [2.05, 4.69) is 0 Å². The van der Waals surface area contributed by atoms with Crippen LogP contribution in [0.3, 0.4) is 0 Å². The van der Waals surface area contributed by atoms with Gasteiger partial charge in [-0.15, -0.1) is 0 Å². The van der Waals surface area contributed by atoms with Crippen LogP contribution in [0.15, 0.2) is 18.2 Å². The van der Waals surface area contributed by atoms with Crippen molar-refractivity contribution < 1.29 is 4.39 Å². The maximum absolute atomic E-state index is 12.3. The van der Waals surface area contributed by atoms with Crippen LogP contribution in [0.25, 0.3) is 0 Å². The van der Waals surface area contributed by atoms with Gasteiger partial charge in [-0.1, -0.05) is 42.3 Å². The van der Waals surface area contributed by atoms with Crippen LogP contribution in [0.2, 0.25) is 10.0 Å². The van der Waals surface area contributed by atoms with E-state index in [1.807, 2.05) is 0 Å². The van der Waals surface area contributed by atoms with Gasteiger partial charge in [0.15, 0.2) is 0 Å². The van der Waals surface area contributed by atoms with Crippen LogP contribution in [-0.2, 0) is 0 Å². The second kappa shape index (κ2) is 4.11. The molecule has 12 heavy (non-hydrogen) atoms. The molecule has 1 atom stereocenters. The molecule has 0 saturated heterocycles. The van der Waals surface area contributed by atoms with Crippen LogP contribution >= 0.6 is 23.2 Å². The summed E-state index contributed by atoms with van der Waals surface area (Å²) in [5.74, 6) is -0.184. The summed E-state index contributed by atoms with van der Waals surface area (Å²) in [6.07, 6.45) is 0. The molecule has 3 heteroatoms. The fourth-order valence-corrected chi connectivity index (χ4v) is 1.48. The van der Waals surface area contributed by atoms with Crippen LogP contribution in [0.4, 0.5) is 4.39 Å². The highest BCUT2D eigenvalue weighted by molar-refractivity contribution is 6.42. The summed E-state index contributed by atoms with van der Waals surface area (Å²) in [6.45, 7) is 1.36. The lowest BCUT2D eigenvalue weighted by molar-refractivity contribution is 0.447. The molecular weight excluding hydrogens is 198 g/mol. The lowest BCUT2D eigenvalue weighted by Gasteiger charge is -2.09. The lowest BCUT2D eigenvalue weighted by atomic mass is 10.0. The first-order valence-corrected chi connectivity index (χ1v) is 4.42. The predicted molar refractivity (Wildman–Crippen MR) is 50.9 cm³/mol. The summed E-state index contributed by atoms with van der Waals surface area (Å²) < 4.78 is 12.3. The summed E-state index contributed by atoms with van der Waals surface area (Å²) in [4.78, 5) is 0. The Kier molecular flexibility index (Phi) is 3.36. The largest absolute Gasteiger partial charge is 0.250 e. The maximum Gasteiger partial charge on any atom is 0.0960 e. The van der Waals surface area contributed by atoms with Crippen molar-refractivity contribution in [3.63, 3.8) is 0 Å². The Morgan fingerprint density at radius 2 is 2.08 bits per heavy atom. The second-order valence-corrected chi connectivity index (χ2v) is 3.48. The zero-order valence-electron chi connectivity index (χ0n) is 6.65. The molecule has 0 bridgehead atoms. The minimum absolute atomic E-state index is 0.184. The molecule has 0 aliphatic heterocycles. The van der Waals surface area contributed by atoms with E-state index in [1.54, 1.807) is 25.1 Å². The molecule has 0 amide bonds. The predicted octanol–water partition coefficient (Wildman–Crippen LogP) is 4.07. The van der Waals surface area contributed by atoms with Gasteiger partial charge in [-0.25, -0.2) is 0 Å². The van der Waals surface area contributed by atoms with Crippen LogP contribution < -0.4 is 0 Å². The third-order valence-electron chi connectivity index (χ3n) is 1.74. The molecule has 0 aromatic heterocycles. The number of alkyl halides is 1. The van der Waals surface area contributed by atoms with E-state index < -0.39 is 6.67 Å². The van der Waals surface area contributed by atoms with Crippen LogP contribution in [0.5, 0.6) is 0 Å². The molecule has 0 aliphatic rings. The molecule has 1 aromatic carbocycles. The first kappa shape index (κ1) is 9.82. The van der Waals surface area contributed by atoms with Crippen LogP contribution in [-0.4, -0.2) is 6.67 Å². The van der Waals surface area contributed by atoms with Gasteiger partial charge in [-0.3, -0.25) is 4.39 Å². The molecule has 1 aromatic rings. The molecule has 0 spiro atoms. The SMILES string of the molecule is CC(CF)c1cccc(Cl)c1Cl. The van der Waals surface area contributed by atoms with Crippen LogP contribution in [0.1, 0.15) is 18.4 Å². The fourth-order valence-electron chi connectivity index (χ4n) is 0.984. The molecular formula is C9H9Cl2F. The highest BCUT2D eigenvalue weighted by Crippen LogP contribution is 2.30. The Hall–Kier alpha value is -0.270. The summed E-state index contributed by atoms with van der Waals surface area (Å²) >= 11 is 11.6. The summed E-state index contributed by atoms with van der Waals surface area (Å²) in [7, 11) is 0. The molecule has 0 saturated carbocycles. The first-order chi connectivity index (χ1) is 5.66. The molecule has 1 rings (SSSR count). The highest BCUT2D eigenvalue weighted by Gasteiger charge is 2.10. The van der Waals surface area contributed by atoms with E-state index in [4.69, 9.17) is 23.2 Å². The summed E-state index contributed by atoms with van der Waals surface area (Å²) in [5, 5.41) is 0.943. The lowest BCUT2D eigenvalue weighted by Crippen LogP contribution is -1.96. The smallest absolute Gasteiger partial charge is 0.0960 e. The van der Waals surface area contributed by atoms with Crippen molar-refractivity contribution in [2.24, 2.45) is 0 Å². The molecule has 0 N–H and O–H groups in total. The number of halogens is 3. The van der Waals surface area contributed by atoms with Gasteiger partial charge in [0.05, 0.1) is 16.7 Å². The molecule has 0 radical (unpaired) electrons. The van der Waals surface area contributed by atoms with Gasteiger partial charge in [-0.05, 0) is 11.6 Å². The highest BCUT2D eigenvalue weighted by atomic mass is 35.5. The number of rotatable bonds is 2. The third-order valence-corrected chi connectivity index (χ3v) is 2.58. The second-order valence-electron chi connectivity index (χ2n) is 2.70. The zero-order chi connectivity index (χ0) is 9.14. The minimum atomic E-state index is -0.417. The van der Waals surface area contributed by atoms with Gasteiger partial charge in [-0.2, -0.15) is 0 Å². The van der Waals surface area contributed by atoms with Crippen molar-refractivity contribution >= 4 is 23.2 Å². The van der Waals surface area contributed by atoms with E-state index in [9.17, 15) is 4.39 Å². The molecule has 66 valence electrons. The van der Waals surface area contributed by atoms with E-state index in [-0.39, 0.29) is 5.92 Å². The Bertz CT molecular complexity index is 273. The Balaban J connectivity index is 3.07. The third kappa shape index (κ3) is 1.90. The molecule has 1 unspecified atom stereocenters. The monoisotopic (exact) mass is 206 g/mol. The summed E-state index contributed by atoms with van der Waals surface area (Å²) in [6, 6.07) is 5.26. The molecule has 0 aliphatic carbocycles. The fraction of sp³-hybridized carbons (Fsp3) is 0.333. The van der Waals surface area contributed by atoms with Gasteiger partial charge in [0, 0.05) is 5.92 Å². The van der Waals surface area contributed by atoms with Crippen molar-refractivity contribution in [3.8, 4) is 0 Å². The number of benzene rings is 1. The van der Waals surface area contributed by atoms with Crippen molar-refractivity contribution in [2.45, 2.75) is 12.8 Å². The van der Waals surface area contributed by atoms with Crippen molar-refractivity contribution in [1.29, 1.82) is 0 Å². The summed E-state index contributed by atoms with van der Waals surface area (Å²) in [5.41, 5.74) is 0.770. The van der Waals surface area contributed by atoms with Crippen molar-refractivity contribution in [2.75, 3.05) is 6.67 Å². The van der Waals surface area contributed by atoms with E-state index in [0.29, 0.717) is 10.0 Å². The quantitative estimate of drug-likeness (QED) is 0.685.